The summed E-state index contributed by atoms with van der Waals surface area (Å²) < 4.78 is 0. The van der Waals surface area contributed by atoms with Crippen molar-refractivity contribution in [2.75, 3.05) is 0 Å². The minimum absolute atomic E-state index is 0.658. The summed E-state index contributed by atoms with van der Waals surface area (Å²) in [5.74, 6) is 0. The second-order valence-corrected chi connectivity index (χ2v) is 10.1. The van der Waals surface area contributed by atoms with Gasteiger partial charge in [-0.05, 0) is 79.5 Å². The summed E-state index contributed by atoms with van der Waals surface area (Å²) in [7, 11) is 0. The Balaban J connectivity index is 1.54. The van der Waals surface area contributed by atoms with E-state index in [2.05, 4.69) is 97.1 Å². The fraction of sp³-hybridized carbons (Fsp3) is 0. The van der Waals surface area contributed by atoms with E-state index in [9.17, 15) is 5.26 Å². The molecule has 0 atom stereocenters. The Morgan fingerprint density at radius 1 is 0.450 bits per heavy atom. The van der Waals surface area contributed by atoms with Crippen LogP contribution in [0.4, 0.5) is 0 Å². The molecule has 0 aliphatic carbocycles. The Morgan fingerprint density at radius 2 is 0.950 bits per heavy atom. The highest BCUT2D eigenvalue weighted by atomic mass is 14.8. The molecule has 0 fully saturated rings. The lowest BCUT2D eigenvalue weighted by molar-refractivity contribution is 1.41. The molecule has 3 heteroatoms. The zero-order chi connectivity index (χ0) is 26.6. The molecule has 8 rings (SSSR count). The zero-order valence-electron chi connectivity index (χ0n) is 21.5. The van der Waals surface area contributed by atoms with E-state index in [1.54, 1.807) is 0 Å². The van der Waals surface area contributed by atoms with Crippen LogP contribution in [0, 0.1) is 11.3 Å². The van der Waals surface area contributed by atoms with E-state index in [0.29, 0.717) is 5.56 Å². The van der Waals surface area contributed by atoms with Crippen LogP contribution in [-0.2, 0) is 0 Å². The third kappa shape index (κ3) is 3.30. The summed E-state index contributed by atoms with van der Waals surface area (Å²) in [5, 5.41) is 16.3. The van der Waals surface area contributed by atoms with E-state index in [-0.39, 0.29) is 0 Å². The van der Waals surface area contributed by atoms with Gasteiger partial charge in [-0.2, -0.15) is 5.26 Å². The lowest BCUT2D eigenvalue weighted by Crippen LogP contribution is -1.94. The average Bonchev–Trinajstić information content (AvgIpc) is 3.02. The Morgan fingerprint density at radius 3 is 1.55 bits per heavy atom. The minimum Gasteiger partial charge on any atom is -0.244 e. The second kappa shape index (κ2) is 8.73. The highest BCUT2D eigenvalue weighted by Crippen LogP contribution is 2.46. The second-order valence-electron chi connectivity index (χ2n) is 10.1. The third-order valence-electron chi connectivity index (χ3n) is 7.85. The van der Waals surface area contributed by atoms with Crippen LogP contribution in [-0.4, -0.2) is 9.97 Å². The van der Waals surface area contributed by atoms with Crippen molar-refractivity contribution >= 4 is 54.4 Å². The van der Waals surface area contributed by atoms with Crippen LogP contribution in [0.5, 0.6) is 0 Å². The first-order valence-electron chi connectivity index (χ1n) is 13.3. The van der Waals surface area contributed by atoms with E-state index in [4.69, 9.17) is 9.97 Å². The summed E-state index contributed by atoms with van der Waals surface area (Å²) in [5.41, 5.74) is 8.86. The summed E-state index contributed by atoms with van der Waals surface area (Å²) >= 11 is 0. The van der Waals surface area contributed by atoms with Crippen LogP contribution in [0.15, 0.2) is 127 Å². The Kier molecular flexibility index (Phi) is 4.89. The molecule has 0 bridgehead atoms. The van der Waals surface area contributed by atoms with Crippen LogP contribution >= 0.6 is 0 Å². The molecule has 3 nitrogen and oxygen atoms in total. The van der Waals surface area contributed by atoms with Crippen molar-refractivity contribution in [3.8, 4) is 28.3 Å². The van der Waals surface area contributed by atoms with Crippen molar-refractivity contribution in [2.45, 2.75) is 0 Å². The third-order valence-corrected chi connectivity index (χ3v) is 7.85. The summed E-state index contributed by atoms with van der Waals surface area (Å²) in [6, 6.07) is 46.2. The van der Waals surface area contributed by atoms with Gasteiger partial charge in [0.25, 0.3) is 0 Å². The molecule has 1 aromatic heterocycles. The van der Waals surface area contributed by atoms with Gasteiger partial charge < -0.3 is 0 Å². The maximum Gasteiger partial charge on any atom is 0.0991 e. The molecule has 0 radical (unpaired) electrons. The molecule has 0 unspecified atom stereocenters. The van der Waals surface area contributed by atoms with Gasteiger partial charge in [-0.1, -0.05) is 97.1 Å². The van der Waals surface area contributed by atoms with Crippen molar-refractivity contribution in [2.24, 2.45) is 0 Å². The van der Waals surface area contributed by atoms with Crippen molar-refractivity contribution in [1.29, 1.82) is 5.26 Å². The van der Waals surface area contributed by atoms with Gasteiger partial charge in [0.1, 0.15) is 0 Å². The maximum absolute atomic E-state index is 9.37. The van der Waals surface area contributed by atoms with Crippen LogP contribution in [0.3, 0.4) is 0 Å². The Hall–Kier alpha value is -5.59. The highest BCUT2D eigenvalue weighted by Gasteiger charge is 2.19. The van der Waals surface area contributed by atoms with Gasteiger partial charge in [-0.25, -0.2) is 9.97 Å². The van der Waals surface area contributed by atoms with Crippen LogP contribution in [0.25, 0.3) is 76.6 Å². The van der Waals surface area contributed by atoms with Crippen LogP contribution < -0.4 is 0 Å². The molecule has 0 amide bonds. The summed E-state index contributed by atoms with van der Waals surface area (Å²) in [4.78, 5) is 10.1. The summed E-state index contributed by atoms with van der Waals surface area (Å²) in [6.07, 6.45) is 0. The Bertz CT molecular complexity index is 2270. The molecule has 184 valence electrons. The van der Waals surface area contributed by atoms with Crippen molar-refractivity contribution < 1.29 is 0 Å². The molecular formula is C37H21N3. The van der Waals surface area contributed by atoms with E-state index >= 15 is 0 Å². The van der Waals surface area contributed by atoms with E-state index < -0.39 is 0 Å². The SMILES string of the molecule is N#Cc1ccc(-c2c3ccccc3c(-c3cc4nc5ccccc5nc4c4ccccc34)c3ccccc23)cc1. The first-order chi connectivity index (χ1) is 19.8. The first kappa shape index (κ1) is 22.4. The van der Waals surface area contributed by atoms with Crippen molar-refractivity contribution in [3.05, 3.63) is 133 Å². The van der Waals surface area contributed by atoms with Crippen molar-refractivity contribution in [1.82, 2.24) is 9.97 Å². The van der Waals surface area contributed by atoms with Gasteiger partial charge in [-0.15, -0.1) is 0 Å². The minimum atomic E-state index is 0.658. The number of nitriles is 1. The van der Waals surface area contributed by atoms with Gasteiger partial charge in [-0.3, -0.25) is 0 Å². The molecular weight excluding hydrogens is 486 g/mol. The van der Waals surface area contributed by atoms with Crippen LogP contribution in [0.1, 0.15) is 5.56 Å². The lowest BCUT2D eigenvalue weighted by Gasteiger charge is -2.19. The number of hydrogen-bond acceptors (Lipinski definition) is 3. The smallest absolute Gasteiger partial charge is 0.0991 e. The number of nitrogens with zero attached hydrogens (tertiary/aromatic N) is 3. The first-order valence-corrected chi connectivity index (χ1v) is 13.3. The molecule has 0 aliphatic rings. The fourth-order valence-corrected chi connectivity index (χ4v) is 6.10. The predicted octanol–water partition coefficient (Wildman–Crippen LogP) is 9.45. The monoisotopic (exact) mass is 507 g/mol. The van der Waals surface area contributed by atoms with Gasteiger partial charge in [0.2, 0.25) is 0 Å². The molecule has 0 aliphatic heterocycles. The van der Waals surface area contributed by atoms with E-state index in [1.807, 2.05) is 36.4 Å². The van der Waals surface area contributed by atoms with Gasteiger partial charge in [0.05, 0.1) is 33.7 Å². The van der Waals surface area contributed by atoms with E-state index in [0.717, 1.165) is 44.0 Å². The standard InChI is InChI=1S/C37H21N3/c38-22-23-17-19-24(20-18-23)35-26-10-2-4-12-28(26)36(29-13-5-3-11-27(29)35)31-21-34-37(30-14-6-1-9-25(30)31)40-33-16-8-7-15-32(33)39-34/h1-21H. The molecule has 0 spiro atoms. The number of para-hydroxylation sites is 2. The van der Waals surface area contributed by atoms with Crippen molar-refractivity contribution in [3.63, 3.8) is 0 Å². The van der Waals surface area contributed by atoms with Crippen LogP contribution in [0.2, 0.25) is 0 Å². The molecule has 40 heavy (non-hydrogen) atoms. The quantitative estimate of drug-likeness (QED) is 0.173. The molecule has 1 heterocycles. The zero-order valence-corrected chi connectivity index (χ0v) is 21.5. The fourth-order valence-electron chi connectivity index (χ4n) is 6.10. The normalized spacial score (nSPS) is 11.5. The molecule has 0 saturated heterocycles. The maximum atomic E-state index is 9.37. The molecule has 0 saturated carbocycles. The number of rotatable bonds is 2. The number of hydrogen-bond donors (Lipinski definition) is 0. The Labute approximate surface area is 230 Å². The number of fused-ring (bicyclic) bond motifs is 6. The topological polar surface area (TPSA) is 49.6 Å². The largest absolute Gasteiger partial charge is 0.244 e. The van der Waals surface area contributed by atoms with Gasteiger partial charge >= 0.3 is 0 Å². The predicted molar refractivity (Wildman–Crippen MR) is 165 cm³/mol. The number of aromatic nitrogens is 2. The molecule has 0 N–H and O–H groups in total. The van der Waals surface area contributed by atoms with Gasteiger partial charge in [0.15, 0.2) is 0 Å². The molecule has 8 aromatic rings. The average molecular weight is 508 g/mol. The highest BCUT2D eigenvalue weighted by molar-refractivity contribution is 6.25. The summed E-state index contributed by atoms with van der Waals surface area (Å²) in [6.45, 7) is 0. The van der Waals surface area contributed by atoms with Gasteiger partial charge in [0, 0.05) is 5.39 Å². The lowest BCUT2D eigenvalue weighted by atomic mass is 9.84. The molecule has 7 aromatic carbocycles. The van der Waals surface area contributed by atoms with E-state index in [1.165, 1.54) is 32.7 Å². The number of benzene rings is 7.